The van der Waals surface area contributed by atoms with Crippen molar-refractivity contribution in [2.24, 2.45) is 23.2 Å². The van der Waals surface area contributed by atoms with Crippen molar-refractivity contribution in [2.75, 3.05) is 31.1 Å². The Labute approximate surface area is 172 Å². The van der Waals surface area contributed by atoms with E-state index < -0.39 is 11.6 Å². The number of aromatic nitrogens is 1. The molecule has 0 spiro atoms. The van der Waals surface area contributed by atoms with Crippen LogP contribution in [0.5, 0.6) is 0 Å². The smallest absolute Gasteiger partial charge is 0.228 e. The number of rotatable bonds is 2. The van der Waals surface area contributed by atoms with Crippen molar-refractivity contribution in [1.82, 2.24) is 9.88 Å². The van der Waals surface area contributed by atoms with Gasteiger partial charge in [0.2, 0.25) is 5.91 Å². The zero-order valence-electron chi connectivity index (χ0n) is 16.4. The molecule has 0 atom stereocenters. The van der Waals surface area contributed by atoms with Crippen molar-refractivity contribution >= 4 is 32.6 Å². The third-order valence-corrected chi connectivity index (χ3v) is 8.79. The van der Waals surface area contributed by atoms with Crippen molar-refractivity contribution in [3.63, 3.8) is 0 Å². The second-order valence-corrected chi connectivity index (χ2v) is 10.7. The number of carbonyl (C=O) groups is 1. The van der Waals surface area contributed by atoms with E-state index in [0.717, 1.165) is 43.1 Å². The number of carbonyl (C=O) groups excluding carboxylic acids is 1. The number of benzene rings is 1. The van der Waals surface area contributed by atoms with Crippen LogP contribution in [0.4, 0.5) is 13.9 Å². The van der Waals surface area contributed by atoms with E-state index in [1.807, 2.05) is 0 Å². The van der Waals surface area contributed by atoms with Crippen LogP contribution in [0.25, 0.3) is 10.2 Å². The van der Waals surface area contributed by atoms with Crippen LogP contribution in [0.3, 0.4) is 0 Å². The first-order valence-electron chi connectivity index (χ1n) is 10.8. The van der Waals surface area contributed by atoms with Crippen LogP contribution in [0.1, 0.15) is 38.5 Å². The molecule has 1 aromatic heterocycles. The molecule has 1 saturated heterocycles. The topological polar surface area (TPSA) is 36.4 Å². The van der Waals surface area contributed by atoms with Crippen molar-refractivity contribution in [1.29, 1.82) is 0 Å². The number of nitrogens with zero attached hydrogens (tertiary/aromatic N) is 3. The molecule has 2 aromatic rings. The number of amides is 1. The Bertz CT molecular complexity index is 947. The van der Waals surface area contributed by atoms with Crippen molar-refractivity contribution < 1.29 is 13.6 Å². The number of hydrogen-bond acceptors (Lipinski definition) is 4. The highest BCUT2D eigenvalue weighted by molar-refractivity contribution is 7.22. The fourth-order valence-corrected chi connectivity index (χ4v) is 7.95. The van der Waals surface area contributed by atoms with Crippen molar-refractivity contribution in [3.8, 4) is 0 Å². The summed E-state index contributed by atoms with van der Waals surface area (Å²) in [6.07, 6.45) is 7.32. The minimum Gasteiger partial charge on any atom is -0.345 e. The lowest BCUT2D eigenvalue weighted by molar-refractivity contribution is -0.158. The van der Waals surface area contributed by atoms with E-state index in [0.29, 0.717) is 41.9 Å². The SMILES string of the molecule is O=C(N1CCN(c2nc3c(F)cc(F)cc3s2)CC1)C12CC3CC(CC(C3)C1)C2. The predicted molar refractivity (Wildman–Crippen MR) is 109 cm³/mol. The van der Waals surface area contributed by atoms with Crippen molar-refractivity contribution in [3.05, 3.63) is 23.8 Å². The minimum atomic E-state index is -0.613. The number of anilines is 1. The summed E-state index contributed by atoms with van der Waals surface area (Å²) >= 11 is 1.32. The van der Waals surface area contributed by atoms with Crippen LogP contribution in [0, 0.1) is 34.8 Å². The van der Waals surface area contributed by atoms with Gasteiger partial charge in [-0.05, 0) is 62.3 Å². The summed E-state index contributed by atoms with van der Waals surface area (Å²) in [4.78, 5) is 22.1. The summed E-state index contributed by atoms with van der Waals surface area (Å²) in [5.41, 5.74) is 0.145. The Morgan fingerprint density at radius 3 is 2.24 bits per heavy atom. The average Bonchev–Trinajstić information content (AvgIpc) is 3.11. The van der Waals surface area contributed by atoms with Gasteiger partial charge in [-0.3, -0.25) is 4.79 Å². The Morgan fingerprint density at radius 2 is 1.62 bits per heavy atom. The second kappa shape index (κ2) is 6.37. The molecule has 0 N–H and O–H groups in total. The molecule has 4 aliphatic carbocycles. The molecular formula is C22H25F2N3OS. The summed E-state index contributed by atoms with van der Waals surface area (Å²) in [5, 5.41) is 0.714. The van der Waals surface area contributed by atoms with E-state index in [4.69, 9.17) is 0 Å². The summed E-state index contributed by atoms with van der Waals surface area (Å²) in [7, 11) is 0. The first-order chi connectivity index (χ1) is 14.0. The van der Waals surface area contributed by atoms with Gasteiger partial charge in [0.05, 0.1) is 10.1 Å². The minimum absolute atomic E-state index is 0.0898. The van der Waals surface area contributed by atoms with E-state index in [2.05, 4.69) is 14.8 Å². The first kappa shape index (κ1) is 18.0. The third-order valence-electron chi connectivity index (χ3n) is 7.73. The van der Waals surface area contributed by atoms with E-state index >= 15 is 0 Å². The molecule has 0 radical (unpaired) electrons. The van der Waals surface area contributed by atoms with Gasteiger partial charge in [0.25, 0.3) is 0 Å². The van der Waals surface area contributed by atoms with Gasteiger partial charge in [-0.1, -0.05) is 11.3 Å². The average molecular weight is 418 g/mol. The summed E-state index contributed by atoms with van der Waals surface area (Å²) in [5.74, 6) is 1.50. The summed E-state index contributed by atoms with van der Waals surface area (Å²) in [6, 6.07) is 2.22. The van der Waals surface area contributed by atoms with E-state index in [1.54, 1.807) is 0 Å². The predicted octanol–water partition coefficient (Wildman–Crippen LogP) is 4.44. The highest BCUT2D eigenvalue weighted by Gasteiger charge is 2.55. The highest BCUT2D eigenvalue weighted by atomic mass is 32.1. The van der Waals surface area contributed by atoms with Crippen LogP contribution in [-0.2, 0) is 4.79 Å². The monoisotopic (exact) mass is 417 g/mol. The van der Waals surface area contributed by atoms with E-state index in [-0.39, 0.29) is 10.9 Å². The van der Waals surface area contributed by atoms with Gasteiger partial charge in [0.1, 0.15) is 11.3 Å². The van der Waals surface area contributed by atoms with Crippen LogP contribution in [0.2, 0.25) is 0 Å². The van der Waals surface area contributed by atoms with E-state index in [1.165, 1.54) is 36.7 Å². The Balaban J connectivity index is 1.17. The quantitative estimate of drug-likeness (QED) is 0.725. The molecule has 29 heavy (non-hydrogen) atoms. The summed E-state index contributed by atoms with van der Waals surface area (Å²) < 4.78 is 28.0. The van der Waals surface area contributed by atoms with Crippen LogP contribution in [0.15, 0.2) is 12.1 Å². The van der Waals surface area contributed by atoms with Gasteiger partial charge in [0.15, 0.2) is 10.9 Å². The van der Waals surface area contributed by atoms with E-state index in [9.17, 15) is 13.6 Å². The molecule has 5 aliphatic rings. The Hall–Kier alpha value is -1.76. The van der Waals surface area contributed by atoms with Gasteiger partial charge in [-0.2, -0.15) is 0 Å². The Kier molecular flexibility index (Phi) is 3.96. The molecule has 1 amide bonds. The maximum Gasteiger partial charge on any atom is 0.228 e. The molecule has 4 bridgehead atoms. The molecular weight excluding hydrogens is 392 g/mol. The molecule has 1 aliphatic heterocycles. The first-order valence-corrected chi connectivity index (χ1v) is 11.6. The van der Waals surface area contributed by atoms with Crippen LogP contribution < -0.4 is 4.90 Å². The molecule has 4 nitrogen and oxygen atoms in total. The standard InChI is InChI=1S/C22H25F2N3OS/c23-16-8-17(24)19-18(9-16)29-21(25-19)27-3-1-26(2-4-27)20(28)22-10-13-5-14(11-22)7-15(6-13)12-22/h8-9,13-15H,1-7,10-12H2. The third kappa shape index (κ3) is 2.87. The summed E-state index contributed by atoms with van der Waals surface area (Å²) in [6.45, 7) is 2.77. The number of piperazine rings is 1. The molecule has 7 heteroatoms. The lowest BCUT2D eigenvalue weighted by atomic mass is 9.49. The maximum absolute atomic E-state index is 14.0. The Morgan fingerprint density at radius 1 is 1.00 bits per heavy atom. The number of thiazole rings is 1. The highest BCUT2D eigenvalue weighted by Crippen LogP contribution is 2.60. The molecule has 4 saturated carbocycles. The lowest BCUT2D eigenvalue weighted by Gasteiger charge is -2.57. The van der Waals surface area contributed by atoms with Crippen LogP contribution in [-0.4, -0.2) is 42.0 Å². The molecule has 1 aromatic carbocycles. The second-order valence-electron chi connectivity index (χ2n) is 9.71. The maximum atomic E-state index is 14.0. The van der Waals surface area contributed by atoms with Gasteiger partial charge in [0, 0.05) is 32.2 Å². The van der Waals surface area contributed by atoms with Gasteiger partial charge in [-0.15, -0.1) is 0 Å². The van der Waals surface area contributed by atoms with Crippen molar-refractivity contribution in [2.45, 2.75) is 38.5 Å². The number of fused-ring (bicyclic) bond motifs is 1. The molecule has 0 unspecified atom stereocenters. The molecule has 2 heterocycles. The van der Waals surface area contributed by atoms with Gasteiger partial charge < -0.3 is 9.80 Å². The zero-order valence-corrected chi connectivity index (χ0v) is 17.2. The zero-order chi connectivity index (χ0) is 19.8. The lowest BCUT2D eigenvalue weighted by Crippen LogP contribution is -2.58. The van der Waals surface area contributed by atoms with Crippen LogP contribution >= 0.6 is 11.3 Å². The normalized spacial score (nSPS) is 33.7. The molecule has 154 valence electrons. The largest absolute Gasteiger partial charge is 0.345 e. The van der Waals surface area contributed by atoms with Gasteiger partial charge in [-0.25, -0.2) is 13.8 Å². The molecule has 7 rings (SSSR count). The number of halogens is 2. The molecule has 5 fully saturated rings. The van der Waals surface area contributed by atoms with Gasteiger partial charge >= 0.3 is 0 Å². The fraction of sp³-hybridized carbons (Fsp3) is 0.636. The fourth-order valence-electron chi connectivity index (χ4n) is 6.89. The number of hydrogen-bond donors (Lipinski definition) is 0.